The highest BCUT2D eigenvalue weighted by atomic mass is 35.5. The molecular weight excluding hydrogens is 342 g/mol. The average molecular weight is 358 g/mol. The van der Waals surface area contributed by atoms with Gasteiger partial charge in [-0.3, -0.25) is 4.79 Å². The molecule has 1 aliphatic heterocycles. The maximum Gasteiger partial charge on any atom is 0.228 e. The predicted molar refractivity (Wildman–Crippen MR) is 95.7 cm³/mol. The lowest BCUT2D eigenvalue weighted by Crippen LogP contribution is -2.17. The summed E-state index contributed by atoms with van der Waals surface area (Å²) in [5.74, 6) is 0.988. The lowest BCUT2D eigenvalue weighted by molar-refractivity contribution is -0.115. The molecule has 1 aromatic heterocycles. The molecule has 0 atom stereocenters. The van der Waals surface area contributed by atoms with Crippen LogP contribution in [0.25, 0.3) is 11.0 Å². The quantitative estimate of drug-likeness (QED) is 0.757. The van der Waals surface area contributed by atoms with Gasteiger partial charge in [-0.15, -0.1) is 0 Å². The number of carbonyl (C=O) groups excluding carboxylic acids is 1. The van der Waals surface area contributed by atoms with Gasteiger partial charge in [-0.05, 0) is 18.6 Å². The van der Waals surface area contributed by atoms with Gasteiger partial charge in [0.15, 0.2) is 11.5 Å². The smallest absolute Gasteiger partial charge is 0.228 e. The van der Waals surface area contributed by atoms with Gasteiger partial charge in [0.2, 0.25) is 5.91 Å². The fraction of sp³-hybridized carbons (Fsp3) is 0.211. The summed E-state index contributed by atoms with van der Waals surface area (Å²) in [6.45, 7) is 2.96. The lowest BCUT2D eigenvalue weighted by Gasteiger charge is -2.20. The third-order valence-corrected chi connectivity index (χ3v) is 4.38. The van der Waals surface area contributed by atoms with E-state index >= 15 is 0 Å². The van der Waals surface area contributed by atoms with Crippen LogP contribution in [0.15, 0.2) is 41.0 Å². The van der Waals surface area contributed by atoms with E-state index in [-0.39, 0.29) is 12.3 Å². The zero-order chi connectivity index (χ0) is 17.4. The Morgan fingerprint density at radius 2 is 1.92 bits per heavy atom. The molecule has 0 saturated carbocycles. The highest BCUT2D eigenvalue weighted by Crippen LogP contribution is 2.38. The van der Waals surface area contributed by atoms with Crippen molar-refractivity contribution < 1.29 is 18.7 Å². The summed E-state index contributed by atoms with van der Waals surface area (Å²) in [7, 11) is 0. The van der Waals surface area contributed by atoms with Crippen LogP contribution < -0.4 is 14.8 Å². The summed E-state index contributed by atoms with van der Waals surface area (Å²) in [6.07, 6.45) is 1.82. The van der Waals surface area contributed by atoms with Crippen LogP contribution in [0.3, 0.4) is 0 Å². The van der Waals surface area contributed by atoms with Crippen molar-refractivity contribution in [1.29, 1.82) is 0 Å². The van der Waals surface area contributed by atoms with Gasteiger partial charge in [-0.1, -0.05) is 23.7 Å². The molecule has 25 heavy (non-hydrogen) atoms. The van der Waals surface area contributed by atoms with Crippen molar-refractivity contribution in [2.75, 3.05) is 18.5 Å². The van der Waals surface area contributed by atoms with E-state index in [1.807, 2.05) is 25.1 Å². The molecule has 0 aliphatic carbocycles. The van der Waals surface area contributed by atoms with E-state index < -0.39 is 0 Å². The van der Waals surface area contributed by atoms with Crippen LogP contribution in [0.4, 0.5) is 5.69 Å². The normalized spacial score (nSPS) is 13.0. The minimum absolute atomic E-state index is 0.179. The Kier molecular flexibility index (Phi) is 4.01. The first kappa shape index (κ1) is 15.8. The Labute approximate surface area is 149 Å². The summed E-state index contributed by atoms with van der Waals surface area (Å²) in [4.78, 5) is 12.4. The molecule has 0 bridgehead atoms. The molecular formula is C19H16ClNO4. The van der Waals surface area contributed by atoms with E-state index in [0.29, 0.717) is 35.4 Å². The third-order valence-electron chi connectivity index (χ3n) is 4.07. The number of nitrogens with one attached hydrogen (secondary N) is 1. The van der Waals surface area contributed by atoms with Crippen molar-refractivity contribution in [3.63, 3.8) is 0 Å². The zero-order valence-corrected chi connectivity index (χ0v) is 14.4. The number of ether oxygens (including phenoxy) is 2. The highest BCUT2D eigenvalue weighted by molar-refractivity contribution is 6.34. The van der Waals surface area contributed by atoms with Gasteiger partial charge in [0, 0.05) is 23.1 Å². The number of benzene rings is 2. The molecule has 0 unspecified atom stereocenters. The van der Waals surface area contributed by atoms with Gasteiger partial charge >= 0.3 is 0 Å². The molecule has 0 saturated heterocycles. The molecule has 1 amide bonds. The van der Waals surface area contributed by atoms with Crippen molar-refractivity contribution in [3.05, 3.63) is 52.7 Å². The monoisotopic (exact) mass is 357 g/mol. The molecule has 2 heterocycles. The lowest BCUT2D eigenvalue weighted by atomic mass is 10.1. The minimum atomic E-state index is -0.179. The summed E-state index contributed by atoms with van der Waals surface area (Å²) in [5.41, 5.74) is 3.22. The first-order valence-corrected chi connectivity index (χ1v) is 8.34. The Bertz CT molecular complexity index is 963. The maximum atomic E-state index is 12.4. The number of hydrogen-bond acceptors (Lipinski definition) is 4. The van der Waals surface area contributed by atoms with Crippen LogP contribution >= 0.6 is 11.6 Å². The Hall–Kier alpha value is -2.66. The molecule has 128 valence electrons. The van der Waals surface area contributed by atoms with Gasteiger partial charge in [0.25, 0.3) is 0 Å². The molecule has 2 aromatic carbocycles. The molecule has 3 aromatic rings. The number of fused-ring (bicyclic) bond motifs is 2. The standard InChI is InChI=1S/C19H16ClNO4/c1-11-2-3-13-12(10-25-16(13)6-11)7-19(22)21-15-9-18-17(8-14(15)20)23-4-5-24-18/h2-3,6,8-10H,4-5,7H2,1H3,(H,21,22). The Morgan fingerprint density at radius 3 is 2.72 bits per heavy atom. The van der Waals surface area contributed by atoms with E-state index in [1.54, 1.807) is 18.4 Å². The van der Waals surface area contributed by atoms with Crippen LogP contribution in [-0.2, 0) is 11.2 Å². The first-order chi connectivity index (χ1) is 12.1. The Balaban J connectivity index is 1.54. The van der Waals surface area contributed by atoms with E-state index in [1.165, 1.54) is 0 Å². The topological polar surface area (TPSA) is 60.7 Å². The van der Waals surface area contributed by atoms with E-state index in [0.717, 1.165) is 22.1 Å². The number of amides is 1. The van der Waals surface area contributed by atoms with Crippen LogP contribution in [0.2, 0.25) is 5.02 Å². The van der Waals surface area contributed by atoms with Crippen LogP contribution in [0.1, 0.15) is 11.1 Å². The second kappa shape index (κ2) is 6.33. The second-order valence-corrected chi connectivity index (χ2v) is 6.37. The molecule has 4 rings (SSSR count). The number of anilines is 1. The molecule has 6 heteroatoms. The average Bonchev–Trinajstić information content (AvgIpc) is 2.97. The second-order valence-electron chi connectivity index (χ2n) is 5.96. The fourth-order valence-corrected chi connectivity index (χ4v) is 3.06. The van der Waals surface area contributed by atoms with Crippen molar-refractivity contribution in [3.8, 4) is 11.5 Å². The van der Waals surface area contributed by atoms with Crippen molar-refractivity contribution in [1.82, 2.24) is 0 Å². The fourth-order valence-electron chi connectivity index (χ4n) is 2.85. The van der Waals surface area contributed by atoms with Crippen LogP contribution in [-0.4, -0.2) is 19.1 Å². The summed E-state index contributed by atoms with van der Waals surface area (Å²) >= 11 is 6.23. The van der Waals surface area contributed by atoms with Gasteiger partial charge in [0.1, 0.15) is 18.8 Å². The number of hydrogen-bond donors (Lipinski definition) is 1. The molecule has 0 fully saturated rings. The number of rotatable bonds is 3. The maximum absolute atomic E-state index is 12.4. The van der Waals surface area contributed by atoms with Gasteiger partial charge in [-0.25, -0.2) is 0 Å². The summed E-state index contributed by atoms with van der Waals surface area (Å²) < 4.78 is 16.5. The SMILES string of the molecule is Cc1ccc2c(CC(=O)Nc3cc4c(cc3Cl)OCCO4)coc2c1. The number of aryl methyl sites for hydroxylation is 1. The molecule has 0 radical (unpaired) electrons. The number of carbonyl (C=O) groups is 1. The van der Waals surface area contributed by atoms with E-state index in [2.05, 4.69) is 5.32 Å². The summed E-state index contributed by atoms with van der Waals surface area (Å²) in [5, 5.41) is 4.17. The van der Waals surface area contributed by atoms with Gasteiger partial charge in [0.05, 0.1) is 23.4 Å². The highest BCUT2D eigenvalue weighted by Gasteiger charge is 2.17. The molecule has 1 N–H and O–H groups in total. The van der Waals surface area contributed by atoms with Crippen molar-refractivity contribution in [2.24, 2.45) is 0 Å². The van der Waals surface area contributed by atoms with E-state index in [4.69, 9.17) is 25.5 Å². The first-order valence-electron chi connectivity index (χ1n) is 7.96. The van der Waals surface area contributed by atoms with Crippen molar-refractivity contribution >= 4 is 34.2 Å². The molecule has 5 nitrogen and oxygen atoms in total. The summed E-state index contributed by atoms with van der Waals surface area (Å²) in [6, 6.07) is 9.26. The largest absolute Gasteiger partial charge is 0.486 e. The van der Waals surface area contributed by atoms with Gasteiger partial charge < -0.3 is 19.2 Å². The molecule has 0 spiro atoms. The van der Waals surface area contributed by atoms with Gasteiger partial charge in [-0.2, -0.15) is 0 Å². The van der Waals surface area contributed by atoms with Crippen LogP contribution in [0.5, 0.6) is 11.5 Å². The minimum Gasteiger partial charge on any atom is -0.486 e. The number of halogens is 1. The molecule has 1 aliphatic rings. The predicted octanol–water partition coefficient (Wildman–Crippen LogP) is 4.35. The van der Waals surface area contributed by atoms with E-state index in [9.17, 15) is 4.79 Å². The Morgan fingerprint density at radius 1 is 1.16 bits per heavy atom. The number of furan rings is 1. The van der Waals surface area contributed by atoms with Crippen molar-refractivity contribution in [2.45, 2.75) is 13.3 Å². The third kappa shape index (κ3) is 3.15. The zero-order valence-electron chi connectivity index (χ0n) is 13.6. The van der Waals surface area contributed by atoms with Crippen LogP contribution in [0, 0.1) is 6.92 Å².